The normalized spacial score (nSPS) is 11.5. The SMILES string of the molecule is COCC(COC)n1nnc2c(Nc3c(C)cc(C)cc3Cl)nc(C)cc21.CS(=O)(=O)O. The molecule has 3 rings (SSSR count). The summed E-state index contributed by atoms with van der Waals surface area (Å²) < 4.78 is 38.3. The van der Waals surface area contributed by atoms with Gasteiger partial charge in [-0.25, -0.2) is 9.67 Å². The van der Waals surface area contributed by atoms with E-state index in [1.807, 2.05) is 37.6 Å². The molecule has 32 heavy (non-hydrogen) atoms. The number of aryl methyl sites for hydroxylation is 3. The topological polar surface area (TPSA) is 128 Å². The van der Waals surface area contributed by atoms with Crippen LogP contribution in [0.15, 0.2) is 18.2 Å². The fourth-order valence-electron chi connectivity index (χ4n) is 3.19. The van der Waals surface area contributed by atoms with E-state index in [0.717, 1.165) is 28.0 Å². The molecule has 0 amide bonds. The molecule has 1 aromatic carbocycles. The summed E-state index contributed by atoms with van der Waals surface area (Å²) in [4.78, 5) is 4.62. The minimum atomic E-state index is -3.67. The maximum absolute atomic E-state index is 9.19. The molecule has 0 aliphatic carbocycles. The number of hydrogen-bond donors (Lipinski definition) is 2. The third-order valence-corrected chi connectivity index (χ3v) is 4.63. The van der Waals surface area contributed by atoms with Gasteiger partial charge < -0.3 is 14.8 Å². The number of rotatable bonds is 7. The predicted molar refractivity (Wildman–Crippen MR) is 125 cm³/mol. The van der Waals surface area contributed by atoms with Crippen LogP contribution < -0.4 is 5.32 Å². The molecule has 0 fully saturated rings. The molecular formula is C20H28ClN5O5S. The van der Waals surface area contributed by atoms with Crippen LogP contribution in [0.4, 0.5) is 11.5 Å². The van der Waals surface area contributed by atoms with Crippen LogP contribution in [0, 0.1) is 20.8 Å². The fraction of sp³-hybridized carbons (Fsp3) is 0.450. The molecular weight excluding hydrogens is 458 g/mol. The van der Waals surface area contributed by atoms with Crippen molar-refractivity contribution in [3.05, 3.63) is 40.0 Å². The van der Waals surface area contributed by atoms with Crippen molar-refractivity contribution < 1.29 is 22.4 Å². The van der Waals surface area contributed by atoms with Crippen molar-refractivity contribution in [2.45, 2.75) is 26.8 Å². The third-order valence-electron chi connectivity index (χ3n) is 4.33. The molecule has 3 aromatic rings. The second kappa shape index (κ2) is 11.0. The van der Waals surface area contributed by atoms with Crippen LogP contribution in [0.5, 0.6) is 0 Å². The molecule has 0 aliphatic heterocycles. The van der Waals surface area contributed by atoms with E-state index in [1.165, 1.54) is 0 Å². The van der Waals surface area contributed by atoms with Crippen molar-refractivity contribution in [1.29, 1.82) is 0 Å². The summed E-state index contributed by atoms with van der Waals surface area (Å²) in [5.74, 6) is 0.624. The first-order valence-electron chi connectivity index (χ1n) is 9.61. The van der Waals surface area contributed by atoms with Gasteiger partial charge in [-0.2, -0.15) is 8.42 Å². The van der Waals surface area contributed by atoms with Crippen molar-refractivity contribution >= 4 is 44.3 Å². The Labute approximate surface area is 192 Å². The first-order chi connectivity index (χ1) is 14.9. The van der Waals surface area contributed by atoms with E-state index in [2.05, 4.69) is 26.7 Å². The molecule has 0 spiro atoms. The van der Waals surface area contributed by atoms with E-state index in [9.17, 15) is 8.42 Å². The lowest BCUT2D eigenvalue weighted by atomic mass is 10.1. The highest BCUT2D eigenvalue weighted by Gasteiger charge is 2.19. The summed E-state index contributed by atoms with van der Waals surface area (Å²) in [6.45, 7) is 6.91. The molecule has 176 valence electrons. The Morgan fingerprint density at radius 2 is 1.75 bits per heavy atom. The maximum Gasteiger partial charge on any atom is 0.261 e. The Kier molecular flexibility index (Phi) is 8.93. The van der Waals surface area contributed by atoms with Crippen molar-refractivity contribution in [3.8, 4) is 0 Å². The molecule has 0 unspecified atom stereocenters. The Morgan fingerprint density at radius 3 is 2.28 bits per heavy atom. The van der Waals surface area contributed by atoms with Gasteiger partial charge in [-0.3, -0.25) is 4.55 Å². The van der Waals surface area contributed by atoms with Gasteiger partial charge in [0.1, 0.15) is 6.04 Å². The quantitative estimate of drug-likeness (QED) is 0.483. The highest BCUT2D eigenvalue weighted by Crippen LogP contribution is 2.32. The average molecular weight is 486 g/mol. The van der Waals surface area contributed by atoms with E-state index >= 15 is 0 Å². The number of benzene rings is 1. The molecule has 0 radical (unpaired) electrons. The van der Waals surface area contributed by atoms with Gasteiger partial charge >= 0.3 is 0 Å². The van der Waals surface area contributed by atoms with E-state index in [-0.39, 0.29) is 6.04 Å². The monoisotopic (exact) mass is 485 g/mol. The summed E-state index contributed by atoms with van der Waals surface area (Å²) in [7, 11) is -0.354. The minimum absolute atomic E-state index is 0.0793. The number of fused-ring (bicyclic) bond motifs is 1. The lowest BCUT2D eigenvalue weighted by Gasteiger charge is -2.16. The zero-order valence-corrected chi connectivity index (χ0v) is 20.5. The predicted octanol–water partition coefficient (Wildman–Crippen LogP) is 3.49. The molecule has 10 nitrogen and oxygen atoms in total. The lowest BCUT2D eigenvalue weighted by molar-refractivity contribution is 0.0850. The van der Waals surface area contributed by atoms with Gasteiger partial charge in [0.25, 0.3) is 10.1 Å². The van der Waals surface area contributed by atoms with Gasteiger partial charge in [0.05, 0.1) is 35.7 Å². The van der Waals surface area contributed by atoms with Gasteiger partial charge in [0.2, 0.25) is 0 Å². The third kappa shape index (κ3) is 7.10. The number of pyridine rings is 1. The molecule has 0 atom stereocenters. The highest BCUT2D eigenvalue weighted by atomic mass is 35.5. The zero-order valence-electron chi connectivity index (χ0n) is 18.9. The molecule has 0 saturated carbocycles. The smallest absolute Gasteiger partial charge is 0.261 e. The second-order valence-electron chi connectivity index (χ2n) is 7.38. The highest BCUT2D eigenvalue weighted by molar-refractivity contribution is 7.85. The van der Waals surface area contributed by atoms with Crippen LogP contribution in [0.2, 0.25) is 5.02 Å². The fourth-order valence-corrected chi connectivity index (χ4v) is 3.56. The first-order valence-corrected chi connectivity index (χ1v) is 11.8. The molecule has 0 bridgehead atoms. The Morgan fingerprint density at radius 1 is 1.16 bits per heavy atom. The average Bonchev–Trinajstić information content (AvgIpc) is 3.06. The van der Waals surface area contributed by atoms with E-state index in [4.69, 9.17) is 25.6 Å². The van der Waals surface area contributed by atoms with Crippen LogP contribution in [0.1, 0.15) is 22.9 Å². The molecule has 0 aliphatic rings. The molecule has 2 N–H and O–H groups in total. The summed E-state index contributed by atoms with van der Waals surface area (Å²) in [6, 6.07) is 5.88. The maximum atomic E-state index is 9.19. The van der Waals surface area contributed by atoms with Gasteiger partial charge in [-0.05, 0) is 44.0 Å². The number of aromatic nitrogens is 4. The van der Waals surface area contributed by atoms with Crippen LogP contribution in [0.3, 0.4) is 0 Å². The van der Waals surface area contributed by atoms with Crippen LogP contribution in [0.25, 0.3) is 11.0 Å². The second-order valence-corrected chi connectivity index (χ2v) is 9.25. The number of halogens is 1. The number of hydrogen-bond acceptors (Lipinski definition) is 8. The summed E-state index contributed by atoms with van der Waals surface area (Å²) >= 11 is 6.45. The number of methoxy groups -OCH3 is 2. The van der Waals surface area contributed by atoms with Gasteiger partial charge in [-0.1, -0.05) is 22.9 Å². The van der Waals surface area contributed by atoms with Crippen LogP contribution >= 0.6 is 11.6 Å². The van der Waals surface area contributed by atoms with Gasteiger partial charge in [-0.15, -0.1) is 5.10 Å². The summed E-state index contributed by atoms with van der Waals surface area (Å²) in [5, 5.41) is 12.7. The van der Waals surface area contributed by atoms with Crippen LogP contribution in [-0.2, 0) is 19.6 Å². The number of nitrogens with zero attached hydrogens (tertiary/aromatic N) is 4. The summed E-state index contributed by atoms with van der Waals surface area (Å²) in [6.07, 6.45) is 0.715. The first kappa shape index (κ1) is 25.9. The number of nitrogens with one attached hydrogen (secondary N) is 1. The molecule has 0 saturated heterocycles. The van der Waals surface area contributed by atoms with Crippen LogP contribution in [-0.4, -0.2) is 66.6 Å². The standard InChI is InChI=1S/C19H24ClN5O2.CH4O3S/c1-11-6-12(2)17(15(20)7-11)22-19-18-16(8-13(3)21-19)25(24-23-18)14(9-26-4)10-27-5;1-5(2,3)4/h6-8,14H,9-10H2,1-5H3,(H,21,22);1H3,(H,2,3,4). The minimum Gasteiger partial charge on any atom is -0.382 e. The Balaban J connectivity index is 0.000000654. The van der Waals surface area contributed by atoms with E-state index < -0.39 is 10.1 Å². The van der Waals surface area contributed by atoms with Gasteiger partial charge in [0.15, 0.2) is 11.3 Å². The largest absolute Gasteiger partial charge is 0.382 e. The van der Waals surface area contributed by atoms with Crippen molar-refractivity contribution in [3.63, 3.8) is 0 Å². The Bertz CT molecular complexity index is 1150. The molecule has 12 heteroatoms. The van der Waals surface area contributed by atoms with Gasteiger partial charge in [0, 0.05) is 19.9 Å². The van der Waals surface area contributed by atoms with Crippen molar-refractivity contribution in [2.75, 3.05) is 39.0 Å². The van der Waals surface area contributed by atoms with E-state index in [1.54, 1.807) is 14.2 Å². The molecule has 2 aromatic heterocycles. The number of anilines is 2. The summed E-state index contributed by atoms with van der Waals surface area (Å²) in [5.41, 5.74) is 5.36. The van der Waals surface area contributed by atoms with Crippen molar-refractivity contribution in [1.82, 2.24) is 20.0 Å². The van der Waals surface area contributed by atoms with Crippen molar-refractivity contribution in [2.24, 2.45) is 0 Å². The number of ether oxygens (including phenoxy) is 2. The van der Waals surface area contributed by atoms with E-state index in [0.29, 0.717) is 35.8 Å². The zero-order chi connectivity index (χ0) is 24.1. The molecule has 2 heterocycles. The Hall–Kier alpha value is -2.31. The lowest BCUT2D eigenvalue weighted by Crippen LogP contribution is -2.21.